The molecule has 0 saturated heterocycles. The molecule has 5 nitrogen and oxygen atoms in total. The number of aldehydes is 1. The summed E-state index contributed by atoms with van der Waals surface area (Å²) in [5, 5.41) is 17.7. The molecule has 22 heavy (non-hydrogen) atoms. The third-order valence-electron chi connectivity index (χ3n) is 3.59. The first-order chi connectivity index (χ1) is 10.7. The van der Waals surface area contributed by atoms with Gasteiger partial charge in [-0.1, -0.05) is 30.3 Å². The lowest BCUT2D eigenvalue weighted by Gasteiger charge is -2.05. The van der Waals surface area contributed by atoms with Crippen LogP contribution in [-0.4, -0.2) is 22.1 Å². The third-order valence-corrected chi connectivity index (χ3v) is 4.73. The molecule has 2 aromatic heterocycles. The standard InChI is InChI=1S/C16H12N4OS/c1-20-13(9-21)12(8-18)14-15(20)19-16(22-14)11(7-17)10-5-3-2-4-6-10/h2-6,8-9,11,18H,1H3. The molecule has 2 heterocycles. The number of fused-ring (bicyclic) bond motifs is 1. The van der Waals surface area contributed by atoms with E-state index < -0.39 is 5.92 Å². The van der Waals surface area contributed by atoms with E-state index in [1.165, 1.54) is 11.3 Å². The Bertz CT molecular complexity index is 902. The number of nitrogens with zero attached hydrogens (tertiary/aromatic N) is 3. The minimum atomic E-state index is -0.447. The Balaban J connectivity index is 2.19. The fourth-order valence-corrected chi connectivity index (χ4v) is 3.66. The number of rotatable bonds is 4. The Morgan fingerprint density at radius 2 is 2.14 bits per heavy atom. The highest BCUT2D eigenvalue weighted by Gasteiger charge is 2.23. The molecule has 3 aromatic rings. The van der Waals surface area contributed by atoms with Crippen LogP contribution in [0.3, 0.4) is 0 Å². The van der Waals surface area contributed by atoms with Crippen molar-refractivity contribution in [3.63, 3.8) is 0 Å². The number of hydrogen-bond acceptors (Lipinski definition) is 5. The molecule has 6 heteroatoms. The highest BCUT2D eigenvalue weighted by molar-refractivity contribution is 7.19. The molecule has 0 saturated carbocycles. The largest absolute Gasteiger partial charge is 0.325 e. The first-order valence-corrected chi connectivity index (χ1v) is 7.42. The minimum absolute atomic E-state index is 0.434. The van der Waals surface area contributed by atoms with E-state index >= 15 is 0 Å². The number of carbonyl (C=O) groups excluding carboxylic acids is 1. The second-order valence-corrected chi connectivity index (χ2v) is 5.83. The molecule has 0 aliphatic carbocycles. The first kappa shape index (κ1) is 14.2. The van der Waals surface area contributed by atoms with Crippen LogP contribution in [-0.2, 0) is 7.05 Å². The van der Waals surface area contributed by atoms with Gasteiger partial charge in [-0.2, -0.15) is 5.26 Å². The molecule has 1 atom stereocenters. The summed E-state index contributed by atoms with van der Waals surface area (Å²) in [5.41, 5.74) is 2.51. The molecule has 108 valence electrons. The Morgan fingerprint density at radius 3 is 2.73 bits per heavy atom. The summed E-state index contributed by atoms with van der Waals surface area (Å²) in [5.74, 6) is -0.447. The summed E-state index contributed by atoms with van der Waals surface area (Å²) in [4.78, 5) is 15.7. The average Bonchev–Trinajstić information content (AvgIpc) is 3.07. The van der Waals surface area contributed by atoms with Crippen molar-refractivity contribution < 1.29 is 4.79 Å². The molecule has 1 aromatic carbocycles. The number of benzene rings is 1. The van der Waals surface area contributed by atoms with Crippen LogP contribution in [0.15, 0.2) is 30.3 Å². The second-order valence-electron chi connectivity index (χ2n) is 4.80. The Hall–Kier alpha value is -2.78. The van der Waals surface area contributed by atoms with Crippen LogP contribution in [0.2, 0.25) is 0 Å². The summed E-state index contributed by atoms with van der Waals surface area (Å²) in [6, 6.07) is 11.8. The number of carbonyl (C=O) groups is 1. The molecule has 3 rings (SSSR count). The average molecular weight is 308 g/mol. The number of thiazole rings is 1. The molecule has 0 aliphatic rings. The van der Waals surface area contributed by atoms with Crippen LogP contribution in [0.1, 0.15) is 32.5 Å². The summed E-state index contributed by atoms with van der Waals surface area (Å²) in [7, 11) is 1.74. The minimum Gasteiger partial charge on any atom is -0.325 e. The van der Waals surface area contributed by atoms with Gasteiger partial charge in [-0.15, -0.1) is 11.3 Å². The van der Waals surface area contributed by atoms with Gasteiger partial charge in [0, 0.05) is 18.8 Å². The highest BCUT2D eigenvalue weighted by Crippen LogP contribution is 2.34. The van der Waals surface area contributed by atoms with Gasteiger partial charge in [0.25, 0.3) is 0 Å². The smallest absolute Gasteiger partial charge is 0.167 e. The third kappa shape index (κ3) is 2.03. The van der Waals surface area contributed by atoms with Crippen molar-refractivity contribution in [1.82, 2.24) is 9.55 Å². The lowest BCUT2D eigenvalue weighted by molar-refractivity contribution is 0.111. The Labute approximate surface area is 131 Å². The Morgan fingerprint density at radius 1 is 1.41 bits per heavy atom. The number of nitriles is 1. The van der Waals surface area contributed by atoms with Gasteiger partial charge < -0.3 is 9.98 Å². The van der Waals surface area contributed by atoms with Gasteiger partial charge >= 0.3 is 0 Å². The summed E-state index contributed by atoms with van der Waals surface area (Å²) < 4.78 is 2.44. The van der Waals surface area contributed by atoms with Gasteiger partial charge in [-0.3, -0.25) is 4.79 Å². The van der Waals surface area contributed by atoms with E-state index in [1.807, 2.05) is 30.3 Å². The van der Waals surface area contributed by atoms with Crippen LogP contribution >= 0.6 is 11.3 Å². The number of nitrogens with one attached hydrogen (secondary N) is 1. The Kier molecular flexibility index (Phi) is 3.57. The van der Waals surface area contributed by atoms with E-state index in [0.29, 0.717) is 21.9 Å². The van der Waals surface area contributed by atoms with Gasteiger partial charge in [0.05, 0.1) is 16.5 Å². The topological polar surface area (TPSA) is 82.5 Å². The quantitative estimate of drug-likeness (QED) is 0.594. The van der Waals surface area contributed by atoms with Crippen LogP contribution in [0.4, 0.5) is 0 Å². The predicted molar refractivity (Wildman–Crippen MR) is 85.8 cm³/mol. The molecule has 1 unspecified atom stereocenters. The normalized spacial score (nSPS) is 12.0. The molecule has 0 spiro atoms. The number of hydrogen-bond donors (Lipinski definition) is 1. The van der Waals surface area contributed by atoms with Gasteiger partial charge in [0.1, 0.15) is 10.9 Å². The van der Waals surface area contributed by atoms with Gasteiger partial charge in [-0.25, -0.2) is 4.98 Å². The maximum absolute atomic E-state index is 11.2. The molecule has 0 aliphatic heterocycles. The molecule has 0 bridgehead atoms. The summed E-state index contributed by atoms with van der Waals surface area (Å²) in [6.07, 6.45) is 1.89. The SMILES string of the molecule is Cn1c(C=O)c(C=N)c2sc(C(C#N)c3ccccc3)nc21. The molecule has 1 N–H and O–H groups in total. The second kappa shape index (κ2) is 5.54. The van der Waals surface area contributed by atoms with Gasteiger partial charge in [-0.05, 0) is 5.56 Å². The zero-order chi connectivity index (χ0) is 15.7. The van der Waals surface area contributed by atoms with Crippen molar-refractivity contribution in [1.29, 1.82) is 10.7 Å². The zero-order valence-corrected chi connectivity index (χ0v) is 12.6. The highest BCUT2D eigenvalue weighted by atomic mass is 32.1. The zero-order valence-electron chi connectivity index (χ0n) is 11.8. The monoisotopic (exact) mass is 308 g/mol. The van der Waals surface area contributed by atoms with Crippen LogP contribution in [0.25, 0.3) is 10.3 Å². The van der Waals surface area contributed by atoms with E-state index in [0.717, 1.165) is 22.8 Å². The van der Waals surface area contributed by atoms with Crippen molar-refractivity contribution in [2.75, 3.05) is 0 Å². The van der Waals surface area contributed by atoms with E-state index in [9.17, 15) is 10.1 Å². The molecule has 0 fully saturated rings. The van der Waals surface area contributed by atoms with E-state index in [1.54, 1.807) is 11.6 Å². The van der Waals surface area contributed by atoms with Crippen molar-refractivity contribution in [2.45, 2.75) is 5.92 Å². The van der Waals surface area contributed by atoms with E-state index in [4.69, 9.17) is 5.41 Å². The van der Waals surface area contributed by atoms with Gasteiger partial charge in [0.2, 0.25) is 0 Å². The maximum atomic E-state index is 11.2. The summed E-state index contributed by atoms with van der Waals surface area (Å²) >= 11 is 1.36. The first-order valence-electron chi connectivity index (χ1n) is 6.60. The molecule has 0 radical (unpaired) electrons. The van der Waals surface area contributed by atoms with Crippen LogP contribution in [0, 0.1) is 16.7 Å². The fourth-order valence-electron chi connectivity index (χ4n) is 2.47. The van der Waals surface area contributed by atoms with E-state index in [-0.39, 0.29) is 0 Å². The molecule has 0 amide bonds. The van der Waals surface area contributed by atoms with Crippen molar-refractivity contribution in [2.24, 2.45) is 7.05 Å². The van der Waals surface area contributed by atoms with Crippen molar-refractivity contribution in [3.8, 4) is 6.07 Å². The van der Waals surface area contributed by atoms with Crippen LogP contribution in [0.5, 0.6) is 0 Å². The van der Waals surface area contributed by atoms with Gasteiger partial charge in [0.15, 0.2) is 11.9 Å². The lowest BCUT2D eigenvalue weighted by atomic mass is 10.0. The van der Waals surface area contributed by atoms with E-state index in [2.05, 4.69) is 11.1 Å². The van der Waals surface area contributed by atoms with Crippen molar-refractivity contribution >= 4 is 34.2 Å². The lowest BCUT2D eigenvalue weighted by Crippen LogP contribution is -2.00. The molecular weight excluding hydrogens is 296 g/mol. The van der Waals surface area contributed by atoms with Crippen LogP contribution < -0.4 is 0 Å². The fraction of sp³-hybridized carbons (Fsp3) is 0.125. The predicted octanol–water partition coefficient (Wildman–Crippen LogP) is 3.10. The molecular formula is C16H12N4OS. The number of aromatic nitrogens is 2. The van der Waals surface area contributed by atoms with Crippen molar-refractivity contribution in [3.05, 3.63) is 52.2 Å². The summed E-state index contributed by atoms with van der Waals surface area (Å²) in [6.45, 7) is 0. The maximum Gasteiger partial charge on any atom is 0.167 e. The number of aryl methyl sites for hydroxylation is 1.